The SMILES string of the molecule is C=Cc1c(C)cccc1COC(C)CCCCC. The van der Waals surface area contributed by atoms with E-state index in [1.54, 1.807) is 0 Å². The van der Waals surface area contributed by atoms with E-state index in [1.807, 2.05) is 6.08 Å². The summed E-state index contributed by atoms with van der Waals surface area (Å²) in [6.45, 7) is 11.1. The summed E-state index contributed by atoms with van der Waals surface area (Å²) in [6.07, 6.45) is 7.26. The molecule has 0 spiro atoms. The average Bonchev–Trinajstić information content (AvgIpc) is 2.36. The lowest BCUT2D eigenvalue weighted by molar-refractivity contribution is 0.0458. The Balaban J connectivity index is 2.48. The van der Waals surface area contributed by atoms with Gasteiger partial charge in [0.05, 0.1) is 12.7 Å². The molecule has 1 aromatic rings. The van der Waals surface area contributed by atoms with Gasteiger partial charge in [-0.05, 0) is 37.0 Å². The van der Waals surface area contributed by atoms with Gasteiger partial charge in [0.15, 0.2) is 0 Å². The minimum Gasteiger partial charge on any atom is -0.374 e. The van der Waals surface area contributed by atoms with Crippen LogP contribution in [0.3, 0.4) is 0 Å². The number of aryl methyl sites for hydroxylation is 1. The molecule has 0 aromatic heterocycles. The molecule has 0 saturated heterocycles. The van der Waals surface area contributed by atoms with Crippen LogP contribution in [-0.4, -0.2) is 6.10 Å². The summed E-state index contributed by atoms with van der Waals surface area (Å²) in [4.78, 5) is 0. The van der Waals surface area contributed by atoms with Gasteiger partial charge < -0.3 is 4.74 Å². The molecule has 0 radical (unpaired) electrons. The lowest BCUT2D eigenvalue weighted by Crippen LogP contribution is -2.08. The Morgan fingerprint density at radius 3 is 2.78 bits per heavy atom. The quantitative estimate of drug-likeness (QED) is 0.578. The van der Waals surface area contributed by atoms with Crippen molar-refractivity contribution in [2.24, 2.45) is 0 Å². The van der Waals surface area contributed by atoms with Gasteiger partial charge in [0.25, 0.3) is 0 Å². The highest BCUT2D eigenvalue weighted by Gasteiger charge is 2.06. The first-order valence-corrected chi connectivity index (χ1v) is 7.01. The van der Waals surface area contributed by atoms with Crippen LogP contribution in [0.2, 0.25) is 0 Å². The van der Waals surface area contributed by atoms with E-state index in [9.17, 15) is 0 Å². The van der Waals surface area contributed by atoms with Gasteiger partial charge in [-0.15, -0.1) is 0 Å². The molecule has 1 atom stereocenters. The molecule has 1 rings (SSSR count). The highest BCUT2D eigenvalue weighted by atomic mass is 16.5. The van der Waals surface area contributed by atoms with E-state index in [4.69, 9.17) is 4.74 Å². The minimum absolute atomic E-state index is 0.342. The van der Waals surface area contributed by atoms with Crippen molar-refractivity contribution < 1.29 is 4.74 Å². The zero-order valence-electron chi connectivity index (χ0n) is 12.0. The summed E-state index contributed by atoms with van der Waals surface area (Å²) in [6, 6.07) is 6.33. The van der Waals surface area contributed by atoms with Gasteiger partial charge in [-0.1, -0.05) is 57.0 Å². The first kappa shape index (κ1) is 15.0. The van der Waals surface area contributed by atoms with Crippen LogP contribution in [0, 0.1) is 6.92 Å². The normalized spacial score (nSPS) is 12.4. The maximum absolute atomic E-state index is 5.92. The van der Waals surface area contributed by atoms with E-state index < -0.39 is 0 Å². The van der Waals surface area contributed by atoms with Crippen molar-refractivity contribution in [2.45, 2.75) is 59.2 Å². The van der Waals surface area contributed by atoms with Gasteiger partial charge >= 0.3 is 0 Å². The number of hydrogen-bond donors (Lipinski definition) is 0. The Bertz CT molecular complexity index is 368. The zero-order valence-corrected chi connectivity index (χ0v) is 12.0. The lowest BCUT2D eigenvalue weighted by Gasteiger charge is -2.15. The first-order valence-electron chi connectivity index (χ1n) is 7.01. The molecule has 0 aliphatic heterocycles. The molecule has 1 unspecified atom stereocenters. The van der Waals surface area contributed by atoms with Gasteiger partial charge in [-0.25, -0.2) is 0 Å². The van der Waals surface area contributed by atoms with Crippen LogP contribution < -0.4 is 0 Å². The Hall–Kier alpha value is -1.08. The molecule has 0 saturated carbocycles. The highest BCUT2D eigenvalue weighted by molar-refractivity contribution is 5.55. The second-order valence-corrected chi connectivity index (χ2v) is 4.97. The summed E-state index contributed by atoms with van der Waals surface area (Å²) in [5, 5.41) is 0. The average molecular weight is 246 g/mol. The molecule has 1 heteroatoms. The molecule has 100 valence electrons. The predicted octanol–water partition coefficient (Wildman–Crippen LogP) is 5.12. The molecule has 0 amide bonds. The van der Waals surface area contributed by atoms with Crippen molar-refractivity contribution in [2.75, 3.05) is 0 Å². The third-order valence-corrected chi connectivity index (χ3v) is 3.36. The highest BCUT2D eigenvalue weighted by Crippen LogP contribution is 2.18. The second-order valence-electron chi connectivity index (χ2n) is 4.97. The van der Waals surface area contributed by atoms with E-state index in [1.165, 1.54) is 36.0 Å². The third-order valence-electron chi connectivity index (χ3n) is 3.36. The standard InChI is InChI=1S/C17H26O/c1-5-7-8-11-15(4)18-13-16-12-9-10-14(3)17(16)6-2/h6,9-10,12,15H,2,5,7-8,11,13H2,1,3-4H3. The summed E-state index contributed by atoms with van der Waals surface area (Å²) in [7, 11) is 0. The largest absolute Gasteiger partial charge is 0.374 e. The first-order chi connectivity index (χ1) is 8.69. The maximum atomic E-state index is 5.92. The van der Waals surface area contributed by atoms with E-state index in [-0.39, 0.29) is 0 Å². The van der Waals surface area contributed by atoms with E-state index in [2.05, 4.69) is 45.5 Å². The van der Waals surface area contributed by atoms with Crippen LogP contribution in [0.4, 0.5) is 0 Å². The number of unbranched alkanes of at least 4 members (excludes halogenated alkanes) is 2. The Morgan fingerprint density at radius 1 is 1.33 bits per heavy atom. The molecule has 1 nitrogen and oxygen atoms in total. The molecule has 0 heterocycles. The smallest absolute Gasteiger partial charge is 0.0726 e. The van der Waals surface area contributed by atoms with Gasteiger partial charge in [0.2, 0.25) is 0 Å². The van der Waals surface area contributed by atoms with Crippen molar-refractivity contribution in [3.63, 3.8) is 0 Å². The number of rotatable bonds is 8. The molecule has 0 N–H and O–H groups in total. The fourth-order valence-electron chi connectivity index (χ4n) is 2.16. The fourth-order valence-corrected chi connectivity index (χ4v) is 2.16. The van der Waals surface area contributed by atoms with Crippen molar-refractivity contribution >= 4 is 6.08 Å². The molecule has 0 aliphatic carbocycles. The van der Waals surface area contributed by atoms with E-state index >= 15 is 0 Å². The summed E-state index contributed by atoms with van der Waals surface area (Å²) < 4.78 is 5.92. The zero-order chi connectivity index (χ0) is 13.4. The minimum atomic E-state index is 0.342. The summed E-state index contributed by atoms with van der Waals surface area (Å²) in [5.74, 6) is 0. The Morgan fingerprint density at radius 2 is 2.11 bits per heavy atom. The molecule has 1 aromatic carbocycles. The van der Waals surface area contributed by atoms with Gasteiger partial charge in [0, 0.05) is 0 Å². The summed E-state index contributed by atoms with van der Waals surface area (Å²) >= 11 is 0. The van der Waals surface area contributed by atoms with E-state index in [0.717, 1.165) is 6.42 Å². The molecular weight excluding hydrogens is 220 g/mol. The van der Waals surface area contributed by atoms with Crippen molar-refractivity contribution in [3.8, 4) is 0 Å². The maximum Gasteiger partial charge on any atom is 0.0726 e. The number of ether oxygens (including phenoxy) is 1. The van der Waals surface area contributed by atoms with E-state index in [0.29, 0.717) is 12.7 Å². The lowest BCUT2D eigenvalue weighted by atomic mass is 10.0. The predicted molar refractivity (Wildman–Crippen MR) is 79.7 cm³/mol. The second kappa shape index (κ2) is 8.10. The van der Waals surface area contributed by atoms with Crippen LogP contribution >= 0.6 is 0 Å². The van der Waals surface area contributed by atoms with Crippen LogP contribution in [0.25, 0.3) is 6.08 Å². The molecule has 0 bridgehead atoms. The topological polar surface area (TPSA) is 9.23 Å². The Labute approximate surface area is 112 Å². The van der Waals surface area contributed by atoms with Crippen molar-refractivity contribution in [3.05, 3.63) is 41.5 Å². The fraction of sp³-hybridized carbons (Fsp3) is 0.529. The summed E-state index contributed by atoms with van der Waals surface area (Å²) in [5.41, 5.74) is 3.73. The molecular formula is C17H26O. The van der Waals surface area contributed by atoms with Gasteiger partial charge in [-0.2, -0.15) is 0 Å². The van der Waals surface area contributed by atoms with Gasteiger partial charge in [0.1, 0.15) is 0 Å². The van der Waals surface area contributed by atoms with Crippen LogP contribution in [0.1, 0.15) is 56.2 Å². The molecule has 0 fully saturated rings. The molecule has 18 heavy (non-hydrogen) atoms. The van der Waals surface area contributed by atoms with Crippen molar-refractivity contribution in [1.82, 2.24) is 0 Å². The van der Waals surface area contributed by atoms with Crippen LogP contribution in [-0.2, 0) is 11.3 Å². The van der Waals surface area contributed by atoms with Gasteiger partial charge in [-0.3, -0.25) is 0 Å². The Kier molecular flexibility index (Phi) is 6.74. The third kappa shape index (κ3) is 4.66. The molecule has 0 aliphatic rings. The van der Waals surface area contributed by atoms with Crippen molar-refractivity contribution in [1.29, 1.82) is 0 Å². The number of hydrogen-bond acceptors (Lipinski definition) is 1. The van der Waals surface area contributed by atoms with Crippen LogP contribution in [0.15, 0.2) is 24.8 Å². The monoisotopic (exact) mass is 246 g/mol. The number of benzene rings is 1. The van der Waals surface area contributed by atoms with Crippen LogP contribution in [0.5, 0.6) is 0 Å².